The molecule has 0 spiro atoms. The van der Waals surface area contributed by atoms with Crippen LogP contribution < -0.4 is 0 Å². The summed E-state index contributed by atoms with van der Waals surface area (Å²) in [7, 11) is 1.22. The van der Waals surface area contributed by atoms with E-state index in [1.54, 1.807) is 18.2 Å². The van der Waals surface area contributed by atoms with E-state index in [9.17, 15) is 15.0 Å². The van der Waals surface area contributed by atoms with Crippen molar-refractivity contribution in [3.63, 3.8) is 0 Å². The Kier molecular flexibility index (Phi) is 5.27. The fourth-order valence-electron chi connectivity index (χ4n) is 1.63. The molecule has 1 aromatic rings. The number of carbonyl (C=O) groups is 1. The molecule has 0 aliphatic carbocycles. The van der Waals surface area contributed by atoms with E-state index in [2.05, 4.69) is 4.74 Å². The predicted molar refractivity (Wildman–Crippen MR) is 64.7 cm³/mol. The van der Waals surface area contributed by atoms with Gasteiger partial charge in [-0.1, -0.05) is 18.2 Å². The molecule has 2 atom stereocenters. The van der Waals surface area contributed by atoms with Crippen LogP contribution in [-0.4, -0.2) is 34.5 Å². The van der Waals surface area contributed by atoms with E-state index in [0.717, 1.165) is 5.56 Å². The predicted octanol–water partition coefficient (Wildman–Crippen LogP) is 0.445. The molecule has 0 bridgehead atoms. The molecule has 0 saturated heterocycles. The summed E-state index contributed by atoms with van der Waals surface area (Å²) in [5.74, 6) is -0.587. The molecular weight excluding hydrogens is 236 g/mol. The summed E-state index contributed by atoms with van der Waals surface area (Å²) in [5.41, 5.74) is 2.04. The van der Waals surface area contributed by atoms with E-state index in [4.69, 9.17) is 5.11 Å². The minimum Gasteiger partial charge on any atom is -0.469 e. The second-order valence-corrected chi connectivity index (χ2v) is 4.14. The molecule has 0 fully saturated rings. The van der Waals surface area contributed by atoms with Crippen LogP contribution in [-0.2, 0) is 16.1 Å². The Labute approximate surface area is 106 Å². The first-order valence-corrected chi connectivity index (χ1v) is 5.62. The van der Waals surface area contributed by atoms with Gasteiger partial charge in [0.05, 0.1) is 26.2 Å². The van der Waals surface area contributed by atoms with Crippen LogP contribution in [0.5, 0.6) is 0 Å². The van der Waals surface area contributed by atoms with Crippen molar-refractivity contribution in [1.82, 2.24) is 0 Å². The highest BCUT2D eigenvalue weighted by Gasteiger charge is 2.22. The van der Waals surface area contributed by atoms with E-state index < -0.39 is 18.2 Å². The summed E-state index contributed by atoms with van der Waals surface area (Å²) in [6, 6.07) is 5.01. The van der Waals surface area contributed by atoms with Gasteiger partial charge in [0.1, 0.15) is 6.10 Å². The number of hydrogen-bond donors (Lipinski definition) is 3. The molecule has 100 valence electrons. The Morgan fingerprint density at radius 1 is 1.39 bits per heavy atom. The maximum atomic E-state index is 11.0. The topological polar surface area (TPSA) is 87.0 Å². The van der Waals surface area contributed by atoms with E-state index in [0.29, 0.717) is 11.1 Å². The van der Waals surface area contributed by atoms with E-state index in [1.165, 1.54) is 7.11 Å². The lowest BCUT2D eigenvalue weighted by atomic mass is 9.98. The first-order valence-electron chi connectivity index (χ1n) is 5.62. The van der Waals surface area contributed by atoms with Gasteiger partial charge >= 0.3 is 5.97 Å². The maximum absolute atomic E-state index is 11.0. The fourth-order valence-corrected chi connectivity index (χ4v) is 1.63. The molecular formula is C13H18O5. The number of hydrogen-bond acceptors (Lipinski definition) is 5. The highest BCUT2D eigenvalue weighted by molar-refractivity contribution is 5.69. The van der Waals surface area contributed by atoms with Crippen LogP contribution in [0.2, 0.25) is 0 Å². The van der Waals surface area contributed by atoms with Crippen LogP contribution in [0.3, 0.4) is 0 Å². The van der Waals surface area contributed by atoms with Crippen LogP contribution in [0.15, 0.2) is 18.2 Å². The molecule has 5 heteroatoms. The lowest BCUT2D eigenvalue weighted by molar-refractivity contribution is -0.144. The van der Waals surface area contributed by atoms with Crippen LogP contribution in [0.1, 0.15) is 29.2 Å². The highest BCUT2D eigenvalue weighted by Crippen LogP contribution is 2.22. The van der Waals surface area contributed by atoms with Gasteiger partial charge in [-0.15, -0.1) is 0 Å². The summed E-state index contributed by atoms with van der Waals surface area (Å²) in [6.45, 7) is 1.70. The first kappa shape index (κ1) is 14.6. The Bertz CT molecular complexity index is 416. The summed E-state index contributed by atoms with van der Waals surface area (Å²) in [5, 5.41) is 28.7. The smallest absolute Gasteiger partial charge is 0.308 e. The number of methoxy groups -OCH3 is 1. The minimum atomic E-state index is -1.23. The van der Waals surface area contributed by atoms with Crippen molar-refractivity contribution >= 4 is 5.97 Å². The monoisotopic (exact) mass is 254 g/mol. The number of carbonyl (C=O) groups excluding carboxylic acids is 1. The van der Waals surface area contributed by atoms with Gasteiger partial charge in [0.2, 0.25) is 0 Å². The molecule has 18 heavy (non-hydrogen) atoms. The number of aliphatic hydroxyl groups is 3. The largest absolute Gasteiger partial charge is 0.469 e. The van der Waals surface area contributed by atoms with Crippen LogP contribution in [0.4, 0.5) is 0 Å². The van der Waals surface area contributed by atoms with Gasteiger partial charge in [-0.2, -0.15) is 0 Å². The summed E-state index contributed by atoms with van der Waals surface area (Å²) >= 11 is 0. The molecule has 0 amide bonds. The SMILES string of the molecule is COC(=O)CC(O)C(O)c1ccc(C)c(CO)c1. The molecule has 1 rings (SSSR count). The summed E-state index contributed by atoms with van der Waals surface area (Å²) in [4.78, 5) is 11.0. The number of aliphatic hydroxyl groups excluding tert-OH is 3. The molecule has 0 saturated carbocycles. The Hall–Kier alpha value is -1.43. The Morgan fingerprint density at radius 3 is 2.61 bits per heavy atom. The second-order valence-electron chi connectivity index (χ2n) is 4.14. The average molecular weight is 254 g/mol. The van der Waals surface area contributed by atoms with Gasteiger partial charge in [-0.25, -0.2) is 0 Å². The van der Waals surface area contributed by atoms with Crippen molar-refractivity contribution in [2.75, 3.05) is 7.11 Å². The van der Waals surface area contributed by atoms with E-state index >= 15 is 0 Å². The summed E-state index contributed by atoms with van der Waals surface area (Å²) in [6.07, 6.45) is -2.69. The fraction of sp³-hybridized carbons (Fsp3) is 0.462. The standard InChI is InChI=1S/C13H18O5/c1-8-3-4-9(5-10(8)7-14)13(17)11(15)6-12(16)18-2/h3-5,11,13-15,17H,6-7H2,1-2H3. The quantitative estimate of drug-likeness (QED) is 0.664. The minimum absolute atomic E-state index is 0.139. The van der Waals surface area contributed by atoms with Crippen molar-refractivity contribution in [2.24, 2.45) is 0 Å². The van der Waals surface area contributed by atoms with Gasteiger partial charge in [0.15, 0.2) is 0 Å². The van der Waals surface area contributed by atoms with Gasteiger partial charge in [0, 0.05) is 0 Å². The van der Waals surface area contributed by atoms with Crippen molar-refractivity contribution in [3.8, 4) is 0 Å². The molecule has 0 aliphatic rings. The van der Waals surface area contributed by atoms with Crippen LogP contribution in [0, 0.1) is 6.92 Å². The van der Waals surface area contributed by atoms with Crippen LogP contribution >= 0.6 is 0 Å². The molecule has 0 aromatic heterocycles. The van der Waals surface area contributed by atoms with Gasteiger partial charge < -0.3 is 20.1 Å². The van der Waals surface area contributed by atoms with Gasteiger partial charge in [-0.3, -0.25) is 4.79 Å². The zero-order valence-electron chi connectivity index (χ0n) is 10.5. The van der Waals surface area contributed by atoms with E-state index in [1.807, 2.05) is 6.92 Å². The summed E-state index contributed by atoms with van der Waals surface area (Å²) < 4.78 is 4.42. The van der Waals surface area contributed by atoms with Gasteiger partial charge in [-0.05, 0) is 23.6 Å². The molecule has 5 nitrogen and oxygen atoms in total. The number of ether oxygens (including phenoxy) is 1. The van der Waals surface area contributed by atoms with Crippen molar-refractivity contribution in [1.29, 1.82) is 0 Å². The maximum Gasteiger partial charge on any atom is 0.308 e. The molecule has 0 radical (unpaired) electrons. The zero-order valence-corrected chi connectivity index (χ0v) is 10.5. The van der Waals surface area contributed by atoms with Crippen LogP contribution in [0.25, 0.3) is 0 Å². The lowest BCUT2D eigenvalue weighted by Gasteiger charge is -2.18. The van der Waals surface area contributed by atoms with E-state index in [-0.39, 0.29) is 13.0 Å². The molecule has 1 aromatic carbocycles. The number of aryl methyl sites for hydroxylation is 1. The second kappa shape index (κ2) is 6.49. The Morgan fingerprint density at radius 2 is 2.06 bits per heavy atom. The Balaban J connectivity index is 2.83. The number of benzene rings is 1. The van der Waals surface area contributed by atoms with Crippen molar-refractivity contribution < 1.29 is 24.9 Å². The third-order valence-corrected chi connectivity index (χ3v) is 2.85. The third-order valence-electron chi connectivity index (χ3n) is 2.85. The average Bonchev–Trinajstić information content (AvgIpc) is 2.38. The zero-order chi connectivity index (χ0) is 13.7. The number of rotatable bonds is 5. The first-order chi connectivity index (χ1) is 8.49. The molecule has 0 heterocycles. The number of esters is 1. The van der Waals surface area contributed by atoms with Crippen molar-refractivity contribution in [3.05, 3.63) is 34.9 Å². The molecule has 3 N–H and O–H groups in total. The lowest BCUT2D eigenvalue weighted by Crippen LogP contribution is -2.22. The molecule has 2 unspecified atom stereocenters. The third kappa shape index (κ3) is 3.53. The molecule has 0 aliphatic heterocycles. The normalized spacial score (nSPS) is 14.1. The van der Waals surface area contributed by atoms with Crippen molar-refractivity contribution in [2.45, 2.75) is 32.2 Å². The van der Waals surface area contributed by atoms with Gasteiger partial charge in [0.25, 0.3) is 0 Å². The highest BCUT2D eigenvalue weighted by atomic mass is 16.5.